The van der Waals surface area contributed by atoms with Crippen LogP contribution >= 0.6 is 0 Å². The first-order valence-electron chi connectivity index (χ1n) is 6.29. The fourth-order valence-corrected chi connectivity index (χ4v) is 2.11. The highest BCUT2D eigenvalue weighted by Crippen LogP contribution is 2.13. The Balaban J connectivity index is 2.05. The third-order valence-electron chi connectivity index (χ3n) is 2.93. The van der Waals surface area contributed by atoms with Gasteiger partial charge in [0.15, 0.2) is 5.69 Å². The molecule has 1 fully saturated rings. The Morgan fingerprint density at radius 1 is 1.63 bits per heavy atom. The quantitative estimate of drug-likeness (QED) is 0.686. The number of aliphatic hydroxyl groups is 1. The Hall–Kier alpha value is -1.51. The molecule has 106 valence electrons. The highest BCUT2D eigenvalue weighted by Gasteiger charge is 2.29. The third-order valence-corrected chi connectivity index (χ3v) is 2.93. The highest BCUT2D eigenvalue weighted by atomic mass is 16.5. The number of rotatable bonds is 4. The lowest BCUT2D eigenvalue weighted by Gasteiger charge is -2.35. The largest absolute Gasteiger partial charge is 0.394 e. The molecule has 0 saturated carbocycles. The van der Waals surface area contributed by atoms with E-state index in [0.717, 1.165) is 0 Å². The number of aromatic nitrogens is 3. The summed E-state index contributed by atoms with van der Waals surface area (Å²) in [6.45, 7) is 3.58. The van der Waals surface area contributed by atoms with Crippen molar-refractivity contribution in [3.05, 3.63) is 11.9 Å². The van der Waals surface area contributed by atoms with Crippen LogP contribution in [0.25, 0.3) is 0 Å². The van der Waals surface area contributed by atoms with Crippen LogP contribution in [0.4, 0.5) is 0 Å². The molecular weight excluding hydrogens is 250 g/mol. The molecular formula is C11H19N5O3. The maximum Gasteiger partial charge on any atom is 0.276 e. The highest BCUT2D eigenvalue weighted by molar-refractivity contribution is 5.92. The van der Waals surface area contributed by atoms with Crippen molar-refractivity contribution in [3.8, 4) is 0 Å². The Morgan fingerprint density at radius 2 is 2.42 bits per heavy atom. The second-order valence-electron chi connectivity index (χ2n) is 4.62. The fraction of sp³-hybridized carbons (Fsp3) is 0.727. The van der Waals surface area contributed by atoms with E-state index in [1.54, 1.807) is 15.8 Å². The third kappa shape index (κ3) is 3.28. The SMILES string of the molecule is CC1CN(C(=O)c2cn(CCN)nn2)CC(CO)O1. The van der Waals surface area contributed by atoms with Crippen molar-refractivity contribution in [2.45, 2.75) is 25.7 Å². The number of nitrogens with two attached hydrogens (primary N) is 1. The number of amides is 1. The maximum atomic E-state index is 12.3. The molecule has 0 radical (unpaired) electrons. The number of hydrogen-bond donors (Lipinski definition) is 2. The van der Waals surface area contributed by atoms with Gasteiger partial charge in [0.05, 0.1) is 31.6 Å². The molecule has 2 heterocycles. The number of morpholine rings is 1. The van der Waals surface area contributed by atoms with Gasteiger partial charge in [-0.3, -0.25) is 9.48 Å². The Labute approximate surface area is 111 Å². The van der Waals surface area contributed by atoms with E-state index in [4.69, 9.17) is 15.6 Å². The summed E-state index contributed by atoms with van der Waals surface area (Å²) in [5.41, 5.74) is 5.71. The van der Waals surface area contributed by atoms with Crippen molar-refractivity contribution >= 4 is 5.91 Å². The van der Waals surface area contributed by atoms with E-state index in [1.165, 1.54) is 0 Å². The molecule has 1 aliphatic rings. The van der Waals surface area contributed by atoms with Gasteiger partial charge in [-0.25, -0.2) is 0 Å². The lowest BCUT2D eigenvalue weighted by molar-refractivity contribution is -0.0859. The Morgan fingerprint density at radius 3 is 3.11 bits per heavy atom. The molecule has 1 aromatic rings. The van der Waals surface area contributed by atoms with Crippen LogP contribution in [0, 0.1) is 0 Å². The smallest absolute Gasteiger partial charge is 0.276 e. The number of ether oxygens (including phenoxy) is 1. The molecule has 0 spiro atoms. The average Bonchev–Trinajstić information content (AvgIpc) is 2.86. The molecule has 1 saturated heterocycles. The molecule has 2 rings (SSSR count). The molecule has 0 bridgehead atoms. The zero-order chi connectivity index (χ0) is 13.8. The van der Waals surface area contributed by atoms with Gasteiger partial charge in [-0.1, -0.05) is 5.21 Å². The molecule has 3 N–H and O–H groups in total. The summed E-state index contributed by atoms with van der Waals surface area (Å²) in [5, 5.41) is 16.8. The zero-order valence-electron chi connectivity index (χ0n) is 10.9. The van der Waals surface area contributed by atoms with Gasteiger partial charge in [-0.2, -0.15) is 0 Å². The van der Waals surface area contributed by atoms with Gasteiger partial charge in [-0.15, -0.1) is 5.10 Å². The predicted octanol–water partition coefficient (Wildman–Crippen LogP) is -1.54. The number of carbonyl (C=O) groups is 1. The summed E-state index contributed by atoms with van der Waals surface area (Å²) in [7, 11) is 0. The van der Waals surface area contributed by atoms with Crippen LogP contribution < -0.4 is 5.73 Å². The minimum atomic E-state index is -0.341. The first kappa shape index (κ1) is 13.9. The van der Waals surface area contributed by atoms with Crippen LogP contribution in [-0.4, -0.2) is 69.4 Å². The molecule has 2 unspecified atom stereocenters. The van der Waals surface area contributed by atoms with Gasteiger partial charge >= 0.3 is 0 Å². The van der Waals surface area contributed by atoms with E-state index < -0.39 is 0 Å². The summed E-state index contributed by atoms with van der Waals surface area (Å²) < 4.78 is 7.04. The van der Waals surface area contributed by atoms with Crippen molar-refractivity contribution in [3.63, 3.8) is 0 Å². The molecule has 8 nitrogen and oxygen atoms in total. The topological polar surface area (TPSA) is 107 Å². The van der Waals surface area contributed by atoms with E-state index in [1.807, 2.05) is 6.92 Å². The molecule has 0 aromatic carbocycles. The van der Waals surface area contributed by atoms with Gasteiger partial charge in [0, 0.05) is 19.6 Å². The van der Waals surface area contributed by atoms with E-state index in [-0.39, 0.29) is 24.7 Å². The second-order valence-corrected chi connectivity index (χ2v) is 4.62. The maximum absolute atomic E-state index is 12.3. The summed E-state index contributed by atoms with van der Waals surface area (Å²) in [5.74, 6) is -0.197. The van der Waals surface area contributed by atoms with Crippen molar-refractivity contribution in [1.29, 1.82) is 0 Å². The van der Waals surface area contributed by atoms with E-state index >= 15 is 0 Å². The molecule has 19 heavy (non-hydrogen) atoms. The number of aliphatic hydroxyl groups excluding tert-OH is 1. The molecule has 1 amide bonds. The first-order chi connectivity index (χ1) is 9.13. The number of carbonyl (C=O) groups excluding carboxylic acids is 1. The normalized spacial score (nSPS) is 23.6. The van der Waals surface area contributed by atoms with Crippen LogP contribution in [0.1, 0.15) is 17.4 Å². The number of hydrogen-bond acceptors (Lipinski definition) is 6. The van der Waals surface area contributed by atoms with Gasteiger partial charge in [0.25, 0.3) is 5.91 Å². The summed E-state index contributed by atoms with van der Waals surface area (Å²) in [6, 6.07) is 0. The Kier molecular flexibility index (Phi) is 4.46. The van der Waals surface area contributed by atoms with Gasteiger partial charge in [-0.05, 0) is 6.92 Å². The minimum absolute atomic E-state index is 0.103. The monoisotopic (exact) mass is 269 g/mol. The van der Waals surface area contributed by atoms with Crippen molar-refractivity contribution < 1.29 is 14.6 Å². The Bertz CT molecular complexity index is 436. The van der Waals surface area contributed by atoms with E-state index in [2.05, 4.69) is 10.3 Å². The van der Waals surface area contributed by atoms with Gasteiger partial charge < -0.3 is 20.5 Å². The zero-order valence-corrected chi connectivity index (χ0v) is 10.9. The average molecular weight is 269 g/mol. The van der Waals surface area contributed by atoms with Crippen LogP contribution in [-0.2, 0) is 11.3 Å². The summed E-state index contributed by atoms with van der Waals surface area (Å²) in [6.07, 6.45) is 1.14. The fourth-order valence-electron chi connectivity index (χ4n) is 2.11. The number of nitrogens with zero attached hydrogens (tertiary/aromatic N) is 4. The molecule has 1 aromatic heterocycles. The summed E-state index contributed by atoms with van der Waals surface area (Å²) >= 11 is 0. The molecule has 1 aliphatic heterocycles. The van der Waals surface area contributed by atoms with Crippen LogP contribution in [0.15, 0.2) is 6.20 Å². The summed E-state index contributed by atoms with van der Waals surface area (Å²) in [4.78, 5) is 13.9. The van der Waals surface area contributed by atoms with E-state index in [0.29, 0.717) is 31.9 Å². The lowest BCUT2D eigenvalue weighted by Crippen LogP contribution is -2.50. The van der Waals surface area contributed by atoms with Gasteiger partial charge in [0.2, 0.25) is 0 Å². The van der Waals surface area contributed by atoms with Crippen molar-refractivity contribution in [1.82, 2.24) is 19.9 Å². The molecule has 0 aliphatic carbocycles. The van der Waals surface area contributed by atoms with Crippen LogP contribution in [0.2, 0.25) is 0 Å². The lowest BCUT2D eigenvalue weighted by atomic mass is 10.2. The predicted molar refractivity (Wildman–Crippen MR) is 66.4 cm³/mol. The van der Waals surface area contributed by atoms with Crippen LogP contribution in [0.5, 0.6) is 0 Å². The standard InChI is InChI=1S/C11H19N5O3/c1-8-4-15(5-9(7-17)19-8)11(18)10-6-16(3-2-12)14-13-10/h6,8-9,17H,2-5,7,12H2,1H3. The van der Waals surface area contributed by atoms with Crippen molar-refractivity contribution in [2.75, 3.05) is 26.2 Å². The van der Waals surface area contributed by atoms with Gasteiger partial charge in [0.1, 0.15) is 0 Å². The van der Waals surface area contributed by atoms with Crippen LogP contribution in [0.3, 0.4) is 0 Å². The minimum Gasteiger partial charge on any atom is -0.394 e. The molecule has 8 heteroatoms. The van der Waals surface area contributed by atoms with E-state index in [9.17, 15) is 4.79 Å². The second kappa shape index (κ2) is 6.09. The first-order valence-corrected chi connectivity index (χ1v) is 6.29. The van der Waals surface area contributed by atoms with Crippen molar-refractivity contribution in [2.24, 2.45) is 5.73 Å². The molecule has 2 atom stereocenters.